The lowest BCUT2D eigenvalue weighted by atomic mass is 10.1. The van der Waals surface area contributed by atoms with Crippen molar-refractivity contribution in [1.82, 2.24) is 10.3 Å². The summed E-state index contributed by atoms with van der Waals surface area (Å²) in [6.07, 6.45) is 5.55. The van der Waals surface area contributed by atoms with Crippen molar-refractivity contribution in [3.63, 3.8) is 0 Å². The van der Waals surface area contributed by atoms with E-state index in [-0.39, 0.29) is 6.10 Å². The number of sulfone groups is 1. The monoisotopic (exact) mass is 331 g/mol. The van der Waals surface area contributed by atoms with Crippen LogP contribution in [0.2, 0.25) is 6.56 Å². The van der Waals surface area contributed by atoms with Crippen LogP contribution in [0.4, 0.5) is 0 Å². The van der Waals surface area contributed by atoms with E-state index in [1.807, 2.05) is 0 Å². The fraction of sp³-hybridized carbons (Fsp3) is 0.500. The highest BCUT2D eigenvalue weighted by Crippen LogP contribution is 2.27. The fourth-order valence-corrected chi connectivity index (χ4v) is 2.90. The van der Waals surface area contributed by atoms with Gasteiger partial charge in [0.15, 0.2) is 7.64 Å². The third kappa shape index (κ3) is 4.18. The predicted molar refractivity (Wildman–Crippen MR) is 83.6 cm³/mol. The summed E-state index contributed by atoms with van der Waals surface area (Å²) in [5.41, 5.74) is 1.58. The predicted octanol–water partition coefficient (Wildman–Crippen LogP) is 2.54. The van der Waals surface area contributed by atoms with Crippen molar-refractivity contribution in [2.45, 2.75) is 37.9 Å². The molecule has 0 fully saturated rings. The molecule has 2 rings (SSSR count). The molecule has 3 atom stereocenters. The van der Waals surface area contributed by atoms with Gasteiger partial charge in [-0.25, -0.2) is 13.4 Å². The Hall–Kier alpha value is -1.11. The van der Waals surface area contributed by atoms with Crippen molar-refractivity contribution in [2.24, 2.45) is 0 Å². The van der Waals surface area contributed by atoms with Crippen molar-refractivity contribution >= 4 is 27.5 Å². The Morgan fingerprint density at radius 3 is 2.95 bits per heavy atom. The number of pyridine rings is 1. The number of aromatic nitrogens is 1. The van der Waals surface area contributed by atoms with E-state index in [4.69, 9.17) is 17.7 Å². The number of fused-ring (bicyclic) bond motifs is 1. The lowest BCUT2D eigenvalue weighted by Crippen LogP contribution is -2.29. The molecule has 0 bridgehead atoms. The van der Waals surface area contributed by atoms with Crippen LogP contribution in [0, 0.1) is 0 Å². The van der Waals surface area contributed by atoms with E-state index < -0.39 is 21.3 Å². The van der Waals surface area contributed by atoms with Crippen LogP contribution >= 0.6 is 11.6 Å². The number of hydrogen-bond donors (Lipinski definition) is 1. The van der Waals surface area contributed by atoms with E-state index in [1.54, 1.807) is 38.4 Å². The Balaban J connectivity index is 2.14. The number of ether oxygens (including phenoxy) is 1. The lowest BCUT2D eigenvalue weighted by molar-refractivity contribution is -0.0200. The molecule has 0 saturated heterocycles. The van der Waals surface area contributed by atoms with Crippen LogP contribution in [-0.4, -0.2) is 31.0 Å². The Morgan fingerprint density at radius 1 is 1.57 bits per heavy atom. The second-order valence-corrected chi connectivity index (χ2v) is 8.13. The molecular weight excluding hydrogens is 312 g/mol. The van der Waals surface area contributed by atoms with E-state index in [0.717, 1.165) is 11.1 Å². The zero-order valence-electron chi connectivity index (χ0n) is 13.2. The molecule has 2 heterocycles. The number of rotatable bonds is 5. The molecule has 1 aliphatic rings. The minimum Gasteiger partial charge on any atom is -0.362 e. The van der Waals surface area contributed by atoms with Crippen LogP contribution in [0.15, 0.2) is 18.5 Å². The molecule has 5 nitrogen and oxygen atoms in total. The van der Waals surface area contributed by atoms with Gasteiger partial charge in [0.1, 0.15) is 15.0 Å². The Morgan fingerprint density at radius 2 is 2.29 bits per heavy atom. The molecule has 0 aromatic carbocycles. The lowest BCUT2D eigenvalue weighted by Gasteiger charge is -2.27. The second-order valence-electron chi connectivity index (χ2n) is 5.28. The number of nitrogens with zero attached hydrogens (tertiary/aromatic N) is 1. The Labute approximate surface area is 131 Å². The molecule has 0 spiro atoms. The molecule has 0 amide bonds. The smallest absolute Gasteiger partial charge is 0.162 e. The van der Waals surface area contributed by atoms with Crippen molar-refractivity contribution in [1.29, 1.82) is 0 Å². The highest BCUT2D eigenvalue weighted by atomic mass is 35.5. The first kappa shape index (κ1) is 14.8. The Kier molecular flexibility index (Phi) is 4.47. The van der Waals surface area contributed by atoms with E-state index in [2.05, 4.69) is 4.98 Å². The van der Waals surface area contributed by atoms with E-state index in [9.17, 15) is 8.42 Å². The van der Waals surface area contributed by atoms with Gasteiger partial charge < -0.3 is 10.0 Å². The quantitative estimate of drug-likeness (QED) is 0.840. The van der Waals surface area contributed by atoms with Crippen molar-refractivity contribution in [2.75, 3.05) is 6.26 Å². The minimum absolute atomic E-state index is 0.322. The third-order valence-corrected chi connectivity index (χ3v) is 5.29. The molecule has 7 heteroatoms. The topological polar surface area (TPSA) is 68.3 Å². The van der Waals surface area contributed by atoms with Gasteiger partial charge in [-0.3, -0.25) is 0 Å². The van der Waals surface area contributed by atoms with Crippen LogP contribution < -0.4 is 5.31 Å². The maximum absolute atomic E-state index is 11.5. The van der Waals surface area contributed by atoms with Gasteiger partial charge in [0.05, 0.1) is 11.4 Å². The highest BCUT2D eigenvalue weighted by molar-refractivity contribution is 7.91. The number of hydrogen-bond acceptors (Lipinski definition) is 5. The largest absolute Gasteiger partial charge is 0.362 e. The maximum atomic E-state index is 11.5. The summed E-state index contributed by atoms with van der Waals surface area (Å²) >= 11 is 5.87. The van der Waals surface area contributed by atoms with Crippen LogP contribution in [0.5, 0.6) is 0 Å². The van der Waals surface area contributed by atoms with Gasteiger partial charge in [0.25, 0.3) is 0 Å². The standard InChI is InChI=1S/C14H19ClN2O3S/c1-9(6-10(2)21(3,18)19)20-14-12-8-17-13(15)7-11(12)4-5-16-14/h4-5,7-10,14,16H,6H2,1-3H3/t9-,10-,14?/m1/s1/i/hD. The Bertz CT molecular complexity index is 681. The molecule has 0 aliphatic carbocycles. The zero-order valence-corrected chi connectivity index (χ0v) is 13.7. The van der Waals surface area contributed by atoms with Crippen LogP contribution in [0.3, 0.4) is 0 Å². The summed E-state index contributed by atoms with van der Waals surface area (Å²) in [5, 5.41) is 1.06. The van der Waals surface area contributed by atoms with Crippen LogP contribution in [0.1, 0.15) is 37.6 Å². The van der Waals surface area contributed by atoms with Gasteiger partial charge in [-0.15, -0.1) is 0 Å². The van der Waals surface area contributed by atoms with E-state index in [1.165, 1.54) is 11.6 Å². The minimum atomic E-state index is -3.10. The third-order valence-electron chi connectivity index (χ3n) is 3.43. The summed E-state index contributed by atoms with van der Waals surface area (Å²) in [6, 6.07) is 1.71. The molecule has 21 heavy (non-hydrogen) atoms. The average Bonchev–Trinajstić information content (AvgIpc) is 2.41. The summed E-state index contributed by atoms with van der Waals surface area (Å²) in [5.74, 6) is 0. The first-order chi connectivity index (χ1) is 10.2. The van der Waals surface area contributed by atoms with Gasteiger partial charge in [0.2, 0.25) is 0 Å². The van der Waals surface area contributed by atoms with Gasteiger partial charge in [-0.1, -0.05) is 11.6 Å². The number of halogens is 1. The molecule has 116 valence electrons. The molecule has 1 aliphatic heterocycles. The van der Waals surface area contributed by atoms with Gasteiger partial charge in [-0.2, -0.15) is 0 Å². The normalized spacial score (nSPS) is 21.6. The first-order valence-electron chi connectivity index (χ1n) is 7.08. The van der Waals surface area contributed by atoms with Gasteiger partial charge in [0, 0.05) is 18.0 Å². The van der Waals surface area contributed by atoms with E-state index in [0.29, 0.717) is 11.6 Å². The summed E-state index contributed by atoms with van der Waals surface area (Å²) < 4.78 is 36.9. The molecule has 0 radical (unpaired) electrons. The van der Waals surface area contributed by atoms with Gasteiger partial charge >= 0.3 is 0 Å². The molecular formula is C14H19ClN2O3S. The van der Waals surface area contributed by atoms with Crippen molar-refractivity contribution in [3.05, 3.63) is 34.7 Å². The fourth-order valence-electron chi connectivity index (χ4n) is 2.11. The van der Waals surface area contributed by atoms with Crippen molar-refractivity contribution < 1.29 is 14.6 Å². The molecule has 1 unspecified atom stereocenters. The highest BCUT2D eigenvalue weighted by Gasteiger charge is 2.24. The molecule has 1 aromatic heterocycles. The maximum Gasteiger partial charge on any atom is 0.162 e. The summed E-state index contributed by atoms with van der Waals surface area (Å²) in [4.78, 5) is 4.03. The first-order valence-corrected chi connectivity index (χ1v) is 8.97. The average molecular weight is 332 g/mol. The molecule has 1 aromatic rings. The van der Waals surface area contributed by atoms with Gasteiger partial charge in [-0.05, 0) is 44.2 Å². The van der Waals surface area contributed by atoms with E-state index >= 15 is 0 Å². The second kappa shape index (κ2) is 6.34. The molecule has 0 saturated carbocycles. The SMILES string of the molecule is [2H]N1C=Cc2cc(Cl)ncc2C1O[C@H](C)C[C@@H](C)S(C)(=O)=O. The zero-order chi connectivity index (χ0) is 16.5. The molecule has 1 N–H and O–H groups in total. The van der Waals surface area contributed by atoms with Crippen molar-refractivity contribution in [3.8, 4) is 0 Å². The summed E-state index contributed by atoms with van der Waals surface area (Å²) in [7, 11) is -3.10. The summed E-state index contributed by atoms with van der Waals surface area (Å²) in [6.45, 7) is 3.46. The van der Waals surface area contributed by atoms with Crippen LogP contribution in [0.25, 0.3) is 6.08 Å². The van der Waals surface area contributed by atoms with Crippen LogP contribution in [-0.2, 0) is 14.6 Å². The number of nitrogens with one attached hydrogen (secondary N) is 1.